The van der Waals surface area contributed by atoms with Crippen molar-refractivity contribution < 1.29 is 4.79 Å². The predicted molar refractivity (Wildman–Crippen MR) is 87.0 cm³/mol. The zero-order valence-electron chi connectivity index (χ0n) is 10.3. The maximum Gasteiger partial charge on any atom is 0.194 e. The molecule has 0 amide bonds. The molecular weight excluding hydrogens is 382 g/mol. The van der Waals surface area contributed by atoms with Gasteiger partial charge in [0.25, 0.3) is 0 Å². The van der Waals surface area contributed by atoms with Gasteiger partial charge in [-0.25, -0.2) is 0 Å². The molecule has 2 aromatic carbocycles. The number of hydrogen-bond donors (Lipinski definition) is 0. The number of hydrogen-bond acceptors (Lipinski definition) is 2. The molecule has 0 aliphatic carbocycles. The molecule has 0 spiro atoms. The molecule has 4 heteroatoms. The van der Waals surface area contributed by atoms with Crippen LogP contribution in [0.25, 0.3) is 10.8 Å². The SMILES string of the molecule is O=C(c1cc(Br)ccc1Br)c1cccc2cnccc12. The summed E-state index contributed by atoms with van der Waals surface area (Å²) in [6, 6.07) is 13.1. The summed E-state index contributed by atoms with van der Waals surface area (Å²) >= 11 is 6.84. The molecule has 0 saturated carbocycles. The normalized spacial score (nSPS) is 10.7. The van der Waals surface area contributed by atoms with Crippen LogP contribution in [-0.4, -0.2) is 10.8 Å². The van der Waals surface area contributed by atoms with E-state index in [0.29, 0.717) is 11.1 Å². The van der Waals surface area contributed by atoms with Crippen molar-refractivity contribution in [3.05, 3.63) is 74.9 Å². The second kappa shape index (κ2) is 5.46. The Labute approximate surface area is 133 Å². The fourth-order valence-electron chi connectivity index (χ4n) is 2.14. The van der Waals surface area contributed by atoms with Crippen LogP contribution in [0.1, 0.15) is 15.9 Å². The molecule has 0 saturated heterocycles. The van der Waals surface area contributed by atoms with E-state index in [4.69, 9.17) is 0 Å². The maximum absolute atomic E-state index is 12.8. The first kappa shape index (κ1) is 13.5. The van der Waals surface area contributed by atoms with E-state index in [0.717, 1.165) is 19.7 Å². The fourth-order valence-corrected chi connectivity index (χ4v) is 2.92. The van der Waals surface area contributed by atoms with Gasteiger partial charge >= 0.3 is 0 Å². The Morgan fingerprint density at radius 2 is 1.85 bits per heavy atom. The zero-order valence-corrected chi connectivity index (χ0v) is 13.5. The molecule has 0 unspecified atom stereocenters. The van der Waals surface area contributed by atoms with Crippen LogP contribution >= 0.6 is 31.9 Å². The molecule has 20 heavy (non-hydrogen) atoms. The molecule has 3 aromatic rings. The highest BCUT2D eigenvalue weighted by molar-refractivity contribution is 9.11. The van der Waals surface area contributed by atoms with E-state index >= 15 is 0 Å². The minimum atomic E-state index is -0.00465. The van der Waals surface area contributed by atoms with Crippen LogP contribution < -0.4 is 0 Å². The van der Waals surface area contributed by atoms with Crippen LogP contribution in [0.4, 0.5) is 0 Å². The number of fused-ring (bicyclic) bond motifs is 1. The smallest absolute Gasteiger partial charge is 0.194 e. The van der Waals surface area contributed by atoms with Gasteiger partial charge in [0.05, 0.1) is 0 Å². The number of halogens is 2. The van der Waals surface area contributed by atoms with Crippen molar-refractivity contribution in [1.82, 2.24) is 4.98 Å². The highest BCUT2D eigenvalue weighted by Gasteiger charge is 2.15. The lowest BCUT2D eigenvalue weighted by atomic mass is 9.98. The molecule has 0 radical (unpaired) electrons. The van der Waals surface area contributed by atoms with E-state index < -0.39 is 0 Å². The van der Waals surface area contributed by atoms with Crippen LogP contribution in [0, 0.1) is 0 Å². The van der Waals surface area contributed by atoms with E-state index in [-0.39, 0.29) is 5.78 Å². The first-order valence-corrected chi connectivity index (χ1v) is 7.58. The predicted octanol–water partition coefficient (Wildman–Crippen LogP) is 4.99. The van der Waals surface area contributed by atoms with Crippen LogP contribution in [0.15, 0.2) is 63.8 Å². The molecule has 0 N–H and O–H groups in total. The summed E-state index contributed by atoms with van der Waals surface area (Å²) in [6.45, 7) is 0. The molecule has 0 aliphatic heterocycles. The molecule has 0 atom stereocenters. The summed E-state index contributed by atoms with van der Waals surface area (Å²) < 4.78 is 1.67. The van der Waals surface area contributed by atoms with Crippen molar-refractivity contribution in [2.45, 2.75) is 0 Å². The van der Waals surface area contributed by atoms with Gasteiger partial charge in [-0.05, 0) is 29.7 Å². The molecule has 0 aliphatic rings. The average Bonchev–Trinajstić information content (AvgIpc) is 2.48. The molecule has 0 bridgehead atoms. The van der Waals surface area contributed by atoms with Gasteiger partial charge in [0, 0.05) is 37.9 Å². The van der Waals surface area contributed by atoms with Gasteiger partial charge in [-0.15, -0.1) is 0 Å². The number of pyridine rings is 1. The van der Waals surface area contributed by atoms with Gasteiger partial charge in [-0.2, -0.15) is 0 Å². The van der Waals surface area contributed by atoms with E-state index in [1.807, 2.05) is 42.5 Å². The van der Waals surface area contributed by atoms with Gasteiger partial charge in [0.2, 0.25) is 0 Å². The van der Waals surface area contributed by atoms with Crippen molar-refractivity contribution >= 4 is 48.4 Å². The summed E-state index contributed by atoms with van der Waals surface area (Å²) in [7, 11) is 0. The van der Waals surface area contributed by atoms with Crippen LogP contribution in [-0.2, 0) is 0 Å². The molecule has 1 aromatic heterocycles. The monoisotopic (exact) mass is 389 g/mol. The molecule has 0 fully saturated rings. The van der Waals surface area contributed by atoms with Crippen LogP contribution in [0.5, 0.6) is 0 Å². The van der Waals surface area contributed by atoms with Gasteiger partial charge < -0.3 is 0 Å². The zero-order chi connectivity index (χ0) is 14.1. The third kappa shape index (κ3) is 2.41. The van der Waals surface area contributed by atoms with E-state index in [1.54, 1.807) is 12.4 Å². The molecule has 3 rings (SSSR count). The van der Waals surface area contributed by atoms with Crippen molar-refractivity contribution in [2.75, 3.05) is 0 Å². The summed E-state index contributed by atoms with van der Waals surface area (Å²) in [4.78, 5) is 16.9. The maximum atomic E-state index is 12.8. The summed E-state index contributed by atoms with van der Waals surface area (Å²) in [5, 5.41) is 1.88. The van der Waals surface area contributed by atoms with Crippen LogP contribution in [0.3, 0.4) is 0 Å². The first-order chi connectivity index (χ1) is 9.66. The number of aromatic nitrogens is 1. The van der Waals surface area contributed by atoms with Crippen molar-refractivity contribution in [2.24, 2.45) is 0 Å². The van der Waals surface area contributed by atoms with Crippen molar-refractivity contribution in [3.63, 3.8) is 0 Å². The highest BCUT2D eigenvalue weighted by Crippen LogP contribution is 2.27. The van der Waals surface area contributed by atoms with Gasteiger partial charge in [0.15, 0.2) is 5.78 Å². The first-order valence-electron chi connectivity index (χ1n) is 5.99. The summed E-state index contributed by atoms with van der Waals surface area (Å²) in [5.41, 5.74) is 1.33. The van der Waals surface area contributed by atoms with E-state index in [9.17, 15) is 4.79 Å². The number of benzene rings is 2. The number of carbonyl (C=O) groups excluding carboxylic acids is 1. The van der Waals surface area contributed by atoms with Crippen molar-refractivity contribution in [1.29, 1.82) is 0 Å². The second-order valence-corrected chi connectivity index (χ2v) is 6.13. The van der Waals surface area contributed by atoms with E-state index in [2.05, 4.69) is 36.8 Å². The van der Waals surface area contributed by atoms with Gasteiger partial charge in [0.1, 0.15) is 0 Å². The van der Waals surface area contributed by atoms with E-state index in [1.165, 1.54) is 0 Å². The van der Waals surface area contributed by atoms with Crippen molar-refractivity contribution in [3.8, 4) is 0 Å². The molecule has 1 heterocycles. The Balaban J connectivity index is 2.20. The molecule has 2 nitrogen and oxygen atoms in total. The lowest BCUT2D eigenvalue weighted by molar-refractivity contribution is 0.103. The summed E-state index contributed by atoms with van der Waals surface area (Å²) in [5.74, 6) is -0.00465. The molecular formula is C16H9Br2NO. The van der Waals surface area contributed by atoms with Gasteiger partial charge in [-0.3, -0.25) is 9.78 Å². The summed E-state index contributed by atoms with van der Waals surface area (Å²) in [6.07, 6.45) is 3.47. The standard InChI is InChI=1S/C16H9Br2NO/c17-11-4-5-15(18)14(8-11)16(20)13-3-1-2-10-9-19-7-6-12(10)13/h1-9H. The minimum absolute atomic E-state index is 0.00465. The number of nitrogens with zero attached hydrogens (tertiary/aromatic N) is 1. The number of ketones is 1. The Kier molecular flexibility index (Phi) is 3.68. The fraction of sp³-hybridized carbons (Fsp3) is 0. The third-order valence-corrected chi connectivity index (χ3v) is 4.28. The lowest BCUT2D eigenvalue weighted by Gasteiger charge is -2.07. The third-order valence-electron chi connectivity index (χ3n) is 3.10. The lowest BCUT2D eigenvalue weighted by Crippen LogP contribution is -2.03. The minimum Gasteiger partial charge on any atom is -0.289 e. The number of rotatable bonds is 2. The Hall–Kier alpha value is -1.52. The number of carbonyl (C=O) groups is 1. The molecule has 98 valence electrons. The highest BCUT2D eigenvalue weighted by atomic mass is 79.9. The van der Waals surface area contributed by atoms with Crippen LogP contribution in [0.2, 0.25) is 0 Å². The Morgan fingerprint density at radius 3 is 2.70 bits per heavy atom. The topological polar surface area (TPSA) is 30.0 Å². The Morgan fingerprint density at radius 1 is 1.00 bits per heavy atom. The Bertz CT molecular complexity index is 809. The van der Waals surface area contributed by atoms with Gasteiger partial charge in [-0.1, -0.05) is 50.1 Å². The second-order valence-electron chi connectivity index (χ2n) is 4.36. The average molecular weight is 391 g/mol. The quantitative estimate of drug-likeness (QED) is 0.577. The largest absolute Gasteiger partial charge is 0.289 e.